The minimum Gasteiger partial charge on any atom is -0.353 e. The molecule has 126 valence electrons. The molecule has 1 aromatic carbocycles. The topological polar surface area (TPSA) is 48.5 Å². The fraction of sp³-hybridized carbons (Fsp3) is 0.333. The van der Waals surface area contributed by atoms with Crippen molar-refractivity contribution >= 4 is 33.2 Å². The first-order valence-corrected chi connectivity index (χ1v) is 8.96. The molecule has 0 spiro atoms. The molecule has 1 fully saturated rings. The standard InChI is InChI=1S/C18H21BrN4O/c1-2-22-9-11-23(12-10-22)18(24)17-8-7-14(13-20-17)21-16-6-4-3-5-15(16)19/h3-8,13,21H,2,9-12H2,1H3. The monoisotopic (exact) mass is 388 g/mol. The number of carbonyl (C=O) groups is 1. The third kappa shape index (κ3) is 3.94. The molecular formula is C18H21BrN4O. The first-order chi connectivity index (χ1) is 11.7. The molecule has 0 saturated carbocycles. The van der Waals surface area contributed by atoms with E-state index >= 15 is 0 Å². The van der Waals surface area contributed by atoms with Gasteiger partial charge in [-0.25, -0.2) is 4.98 Å². The largest absolute Gasteiger partial charge is 0.353 e. The van der Waals surface area contributed by atoms with E-state index in [4.69, 9.17) is 0 Å². The van der Waals surface area contributed by atoms with Crippen molar-refractivity contribution in [3.63, 3.8) is 0 Å². The van der Waals surface area contributed by atoms with Crippen molar-refractivity contribution in [2.24, 2.45) is 0 Å². The molecule has 1 aliphatic rings. The van der Waals surface area contributed by atoms with Crippen LogP contribution in [0.15, 0.2) is 47.1 Å². The Labute approximate surface area is 150 Å². The van der Waals surface area contributed by atoms with Crippen molar-refractivity contribution in [2.45, 2.75) is 6.92 Å². The average Bonchev–Trinajstić information content (AvgIpc) is 2.64. The summed E-state index contributed by atoms with van der Waals surface area (Å²) in [5, 5.41) is 3.29. The summed E-state index contributed by atoms with van der Waals surface area (Å²) < 4.78 is 0.985. The van der Waals surface area contributed by atoms with Crippen LogP contribution in [-0.4, -0.2) is 53.4 Å². The molecule has 1 aliphatic heterocycles. The van der Waals surface area contributed by atoms with E-state index in [2.05, 4.69) is 38.1 Å². The summed E-state index contributed by atoms with van der Waals surface area (Å²) in [5.41, 5.74) is 2.32. The maximum absolute atomic E-state index is 12.5. The molecule has 0 radical (unpaired) electrons. The second-order valence-electron chi connectivity index (χ2n) is 5.76. The second-order valence-corrected chi connectivity index (χ2v) is 6.62. The van der Waals surface area contributed by atoms with Gasteiger partial charge in [0.2, 0.25) is 0 Å². The molecular weight excluding hydrogens is 368 g/mol. The summed E-state index contributed by atoms with van der Waals surface area (Å²) in [7, 11) is 0. The van der Waals surface area contributed by atoms with E-state index in [0.29, 0.717) is 5.69 Å². The lowest BCUT2D eigenvalue weighted by Gasteiger charge is -2.33. The third-order valence-corrected chi connectivity index (χ3v) is 4.93. The second kappa shape index (κ2) is 7.77. The van der Waals surface area contributed by atoms with Gasteiger partial charge in [-0.15, -0.1) is 0 Å². The molecule has 0 unspecified atom stereocenters. The van der Waals surface area contributed by atoms with Crippen molar-refractivity contribution < 1.29 is 4.79 Å². The number of rotatable bonds is 4. The maximum atomic E-state index is 12.5. The normalized spacial score (nSPS) is 15.3. The highest BCUT2D eigenvalue weighted by atomic mass is 79.9. The van der Waals surface area contributed by atoms with Crippen molar-refractivity contribution in [3.8, 4) is 0 Å². The first kappa shape index (κ1) is 16.9. The number of likely N-dealkylation sites (N-methyl/N-ethyl adjacent to an activating group) is 1. The molecule has 1 aromatic heterocycles. The van der Waals surface area contributed by atoms with Crippen molar-refractivity contribution in [1.82, 2.24) is 14.8 Å². The summed E-state index contributed by atoms with van der Waals surface area (Å²) in [6.07, 6.45) is 1.70. The summed E-state index contributed by atoms with van der Waals surface area (Å²) in [6.45, 7) is 6.59. The zero-order chi connectivity index (χ0) is 16.9. The molecule has 1 saturated heterocycles. The van der Waals surface area contributed by atoms with Gasteiger partial charge in [-0.2, -0.15) is 0 Å². The average molecular weight is 389 g/mol. The highest BCUT2D eigenvalue weighted by Gasteiger charge is 2.22. The van der Waals surface area contributed by atoms with Gasteiger partial charge in [-0.05, 0) is 46.7 Å². The quantitative estimate of drug-likeness (QED) is 0.871. The number of nitrogens with zero attached hydrogens (tertiary/aromatic N) is 3. The van der Waals surface area contributed by atoms with Crippen LogP contribution in [0.4, 0.5) is 11.4 Å². The van der Waals surface area contributed by atoms with Crippen molar-refractivity contribution in [3.05, 3.63) is 52.8 Å². The molecule has 2 heterocycles. The number of nitrogens with one attached hydrogen (secondary N) is 1. The molecule has 24 heavy (non-hydrogen) atoms. The third-order valence-electron chi connectivity index (χ3n) is 4.24. The van der Waals surface area contributed by atoms with Gasteiger partial charge >= 0.3 is 0 Å². The number of hydrogen-bond acceptors (Lipinski definition) is 4. The minimum atomic E-state index is 0.0122. The number of pyridine rings is 1. The number of carbonyl (C=O) groups excluding carboxylic acids is 1. The van der Waals surface area contributed by atoms with Crippen LogP contribution in [0.3, 0.4) is 0 Å². The lowest BCUT2D eigenvalue weighted by atomic mass is 10.2. The number of hydrogen-bond donors (Lipinski definition) is 1. The SMILES string of the molecule is CCN1CCN(C(=O)c2ccc(Nc3ccccc3Br)cn2)CC1. The molecule has 6 heteroatoms. The van der Waals surface area contributed by atoms with Crippen LogP contribution in [0.2, 0.25) is 0 Å². The Morgan fingerprint density at radius 1 is 1.17 bits per heavy atom. The number of halogens is 1. The van der Waals surface area contributed by atoms with Gasteiger partial charge in [0.1, 0.15) is 5.69 Å². The van der Waals surface area contributed by atoms with E-state index in [0.717, 1.165) is 48.6 Å². The summed E-state index contributed by atoms with van der Waals surface area (Å²) in [4.78, 5) is 21.1. The van der Waals surface area contributed by atoms with E-state index in [1.807, 2.05) is 35.2 Å². The Kier molecular flexibility index (Phi) is 5.48. The molecule has 3 rings (SSSR count). The Bertz CT molecular complexity index is 696. The van der Waals surface area contributed by atoms with Crippen molar-refractivity contribution in [1.29, 1.82) is 0 Å². The van der Waals surface area contributed by atoms with E-state index in [1.165, 1.54) is 0 Å². The van der Waals surface area contributed by atoms with E-state index in [1.54, 1.807) is 12.3 Å². The molecule has 1 amide bonds. The van der Waals surface area contributed by atoms with Crippen LogP contribution in [-0.2, 0) is 0 Å². The van der Waals surface area contributed by atoms with Crippen LogP contribution < -0.4 is 5.32 Å². The lowest BCUT2D eigenvalue weighted by Crippen LogP contribution is -2.48. The highest BCUT2D eigenvalue weighted by Crippen LogP contribution is 2.25. The Morgan fingerprint density at radius 3 is 2.54 bits per heavy atom. The Balaban J connectivity index is 1.64. The predicted octanol–water partition coefficient (Wildman–Crippen LogP) is 3.37. The number of aromatic nitrogens is 1. The summed E-state index contributed by atoms with van der Waals surface area (Å²) >= 11 is 3.51. The van der Waals surface area contributed by atoms with Crippen LogP contribution in [0.1, 0.15) is 17.4 Å². The van der Waals surface area contributed by atoms with Gasteiger partial charge < -0.3 is 15.1 Å². The van der Waals surface area contributed by atoms with E-state index in [-0.39, 0.29) is 5.91 Å². The zero-order valence-corrected chi connectivity index (χ0v) is 15.3. The lowest BCUT2D eigenvalue weighted by molar-refractivity contribution is 0.0637. The highest BCUT2D eigenvalue weighted by molar-refractivity contribution is 9.10. The van der Waals surface area contributed by atoms with Gasteiger partial charge in [0.15, 0.2) is 0 Å². The van der Waals surface area contributed by atoms with Gasteiger partial charge in [-0.1, -0.05) is 19.1 Å². The van der Waals surface area contributed by atoms with Crippen LogP contribution in [0.5, 0.6) is 0 Å². The number of para-hydroxylation sites is 1. The molecule has 5 nitrogen and oxygen atoms in total. The fourth-order valence-electron chi connectivity index (χ4n) is 2.74. The van der Waals surface area contributed by atoms with Crippen molar-refractivity contribution in [2.75, 3.05) is 38.0 Å². The molecule has 2 aromatic rings. The van der Waals surface area contributed by atoms with Crippen LogP contribution in [0, 0.1) is 0 Å². The zero-order valence-electron chi connectivity index (χ0n) is 13.7. The molecule has 0 bridgehead atoms. The van der Waals surface area contributed by atoms with Gasteiger partial charge in [0.25, 0.3) is 5.91 Å². The first-order valence-electron chi connectivity index (χ1n) is 8.16. The van der Waals surface area contributed by atoms with Crippen LogP contribution in [0.25, 0.3) is 0 Å². The van der Waals surface area contributed by atoms with Gasteiger partial charge in [-0.3, -0.25) is 4.79 Å². The smallest absolute Gasteiger partial charge is 0.272 e. The fourth-order valence-corrected chi connectivity index (χ4v) is 3.13. The summed E-state index contributed by atoms with van der Waals surface area (Å²) in [6, 6.07) is 11.6. The number of anilines is 2. The van der Waals surface area contributed by atoms with Gasteiger partial charge in [0, 0.05) is 30.7 Å². The number of amides is 1. The number of piperazine rings is 1. The van der Waals surface area contributed by atoms with Gasteiger partial charge in [0.05, 0.1) is 17.6 Å². The van der Waals surface area contributed by atoms with Crippen LogP contribution >= 0.6 is 15.9 Å². The van der Waals surface area contributed by atoms with E-state index in [9.17, 15) is 4.79 Å². The number of benzene rings is 1. The van der Waals surface area contributed by atoms with E-state index < -0.39 is 0 Å². The Morgan fingerprint density at radius 2 is 1.92 bits per heavy atom. The minimum absolute atomic E-state index is 0.0122. The molecule has 0 atom stereocenters. The Hall–Kier alpha value is -1.92. The predicted molar refractivity (Wildman–Crippen MR) is 99.7 cm³/mol. The maximum Gasteiger partial charge on any atom is 0.272 e. The molecule has 1 N–H and O–H groups in total. The molecule has 0 aliphatic carbocycles. The summed E-state index contributed by atoms with van der Waals surface area (Å²) in [5.74, 6) is 0.0122.